The van der Waals surface area contributed by atoms with Crippen LogP contribution in [0.2, 0.25) is 0 Å². The third-order valence-corrected chi connectivity index (χ3v) is 7.00. The predicted molar refractivity (Wildman–Crippen MR) is 105 cm³/mol. The SMILES string of the molecule is CCOC(=O)[C@@]12CCC3=C1N(CCC3)C(=O)[C@H](CC(=O)NCc1cccs1)C2. The molecule has 4 rings (SSSR count). The number of hydrogen-bond donors (Lipinski definition) is 1. The molecular formula is C21H26N2O4S. The summed E-state index contributed by atoms with van der Waals surface area (Å²) in [5.41, 5.74) is 1.38. The lowest BCUT2D eigenvalue weighted by atomic mass is 9.71. The Morgan fingerprint density at radius 3 is 3.00 bits per heavy atom. The van der Waals surface area contributed by atoms with Crippen LogP contribution in [0, 0.1) is 11.3 Å². The van der Waals surface area contributed by atoms with Gasteiger partial charge in [0.25, 0.3) is 0 Å². The summed E-state index contributed by atoms with van der Waals surface area (Å²) >= 11 is 1.59. The number of rotatable bonds is 6. The van der Waals surface area contributed by atoms with E-state index >= 15 is 0 Å². The molecule has 1 aromatic heterocycles. The third-order valence-electron chi connectivity index (χ3n) is 6.12. The highest BCUT2D eigenvalue weighted by Gasteiger charge is 2.57. The molecule has 3 aliphatic rings. The first kappa shape index (κ1) is 19.2. The van der Waals surface area contributed by atoms with Gasteiger partial charge in [-0.1, -0.05) is 6.07 Å². The van der Waals surface area contributed by atoms with Gasteiger partial charge in [-0.2, -0.15) is 0 Å². The van der Waals surface area contributed by atoms with E-state index in [4.69, 9.17) is 4.74 Å². The zero-order valence-corrected chi connectivity index (χ0v) is 17.0. The minimum absolute atomic E-state index is 0.0136. The highest BCUT2D eigenvalue weighted by Crippen LogP contribution is 2.55. The first-order valence-corrected chi connectivity index (χ1v) is 10.9. The number of thiophene rings is 1. The molecule has 1 aromatic rings. The van der Waals surface area contributed by atoms with Gasteiger partial charge in [0.2, 0.25) is 11.8 Å². The molecule has 1 N–H and O–H groups in total. The Hall–Kier alpha value is -2.15. The molecule has 6 nitrogen and oxygen atoms in total. The van der Waals surface area contributed by atoms with Crippen LogP contribution >= 0.6 is 11.3 Å². The van der Waals surface area contributed by atoms with Gasteiger partial charge in [0.05, 0.1) is 13.2 Å². The van der Waals surface area contributed by atoms with Crippen LogP contribution in [0.4, 0.5) is 0 Å². The molecule has 0 unspecified atom stereocenters. The molecule has 28 heavy (non-hydrogen) atoms. The van der Waals surface area contributed by atoms with Crippen molar-refractivity contribution in [2.45, 2.75) is 52.0 Å². The van der Waals surface area contributed by atoms with E-state index in [9.17, 15) is 14.4 Å². The summed E-state index contributed by atoms with van der Waals surface area (Å²) in [6, 6.07) is 3.92. The second kappa shape index (κ2) is 7.70. The molecular weight excluding hydrogens is 376 g/mol. The Kier molecular flexibility index (Phi) is 5.27. The predicted octanol–water partition coefficient (Wildman–Crippen LogP) is 2.99. The van der Waals surface area contributed by atoms with Crippen molar-refractivity contribution < 1.29 is 19.1 Å². The summed E-state index contributed by atoms with van der Waals surface area (Å²) < 4.78 is 5.43. The number of carbonyl (C=O) groups excluding carboxylic acids is 3. The minimum Gasteiger partial charge on any atom is -0.465 e. The van der Waals surface area contributed by atoms with Crippen LogP contribution in [-0.2, 0) is 25.7 Å². The lowest BCUT2D eigenvalue weighted by Crippen LogP contribution is -2.53. The number of esters is 1. The van der Waals surface area contributed by atoms with E-state index in [2.05, 4.69) is 5.32 Å². The molecule has 0 aromatic carbocycles. The molecule has 0 radical (unpaired) electrons. The lowest BCUT2D eigenvalue weighted by molar-refractivity contribution is -0.161. The Labute approximate surface area is 168 Å². The maximum absolute atomic E-state index is 13.1. The van der Waals surface area contributed by atoms with Crippen molar-refractivity contribution in [1.29, 1.82) is 0 Å². The molecule has 0 bridgehead atoms. The highest BCUT2D eigenvalue weighted by molar-refractivity contribution is 7.09. The van der Waals surface area contributed by atoms with Crippen molar-refractivity contribution in [3.05, 3.63) is 33.7 Å². The van der Waals surface area contributed by atoms with Gasteiger partial charge in [0, 0.05) is 29.5 Å². The van der Waals surface area contributed by atoms with E-state index in [0.717, 1.165) is 29.8 Å². The average Bonchev–Trinajstić information content (AvgIpc) is 3.34. The molecule has 1 saturated heterocycles. The standard InChI is InChI=1S/C21H26N2O4S/c1-2-27-20(26)21-8-7-14-5-3-9-23(18(14)21)19(25)15(12-21)11-17(24)22-13-16-6-4-10-28-16/h4,6,10,15H,2-3,5,7-9,11-13H2,1H3,(H,22,24)/t15-,21-/m1/s1. The van der Waals surface area contributed by atoms with Crippen molar-refractivity contribution >= 4 is 29.1 Å². The van der Waals surface area contributed by atoms with Crippen LogP contribution in [0.1, 0.15) is 50.3 Å². The van der Waals surface area contributed by atoms with Crippen LogP contribution in [0.5, 0.6) is 0 Å². The Bertz CT molecular complexity index is 816. The molecule has 2 aliphatic heterocycles. The Balaban J connectivity index is 1.53. The number of allylic oxidation sites excluding steroid dienone is 1. The van der Waals surface area contributed by atoms with Gasteiger partial charge in [-0.15, -0.1) is 11.3 Å². The van der Waals surface area contributed by atoms with Crippen LogP contribution < -0.4 is 5.32 Å². The smallest absolute Gasteiger partial charge is 0.318 e. The second-order valence-corrected chi connectivity index (χ2v) is 8.84. The molecule has 1 aliphatic carbocycles. The normalized spacial score (nSPS) is 26.2. The van der Waals surface area contributed by atoms with Gasteiger partial charge < -0.3 is 15.0 Å². The summed E-state index contributed by atoms with van der Waals surface area (Å²) in [6.07, 6.45) is 3.90. The van der Waals surface area contributed by atoms with E-state index in [1.54, 1.807) is 23.2 Å². The first-order valence-electron chi connectivity index (χ1n) is 10.1. The van der Waals surface area contributed by atoms with E-state index in [1.807, 2.05) is 17.5 Å². The van der Waals surface area contributed by atoms with Gasteiger partial charge in [0.15, 0.2) is 0 Å². The molecule has 2 amide bonds. The number of hydrogen-bond acceptors (Lipinski definition) is 5. The van der Waals surface area contributed by atoms with Crippen molar-refractivity contribution in [2.75, 3.05) is 13.2 Å². The number of amides is 2. The van der Waals surface area contributed by atoms with E-state index in [-0.39, 0.29) is 24.2 Å². The highest BCUT2D eigenvalue weighted by atomic mass is 32.1. The monoisotopic (exact) mass is 402 g/mol. The Morgan fingerprint density at radius 1 is 1.39 bits per heavy atom. The van der Waals surface area contributed by atoms with Crippen LogP contribution in [0.3, 0.4) is 0 Å². The summed E-state index contributed by atoms with van der Waals surface area (Å²) in [6.45, 7) is 3.23. The van der Waals surface area contributed by atoms with Gasteiger partial charge in [0.1, 0.15) is 5.41 Å². The van der Waals surface area contributed by atoms with Crippen molar-refractivity contribution in [3.63, 3.8) is 0 Å². The quantitative estimate of drug-likeness (QED) is 0.742. The molecule has 1 fully saturated rings. The maximum atomic E-state index is 13.1. The number of ether oxygens (including phenoxy) is 1. The van der Waals surface area contributed by atoms with Crippen LogP contribution in [0.25, 0.3) is 0 Å². The fraction of sp³-hybridized carbons (Fsp3) is 0.571. The Morgan fingerprint density at radius 2 is 2.25 bits per heavy atom. The minimum atomic E-state index is -0.752. The van der Waals surface area contributed by atoms with Gasteiger partial charge in [-0.05, 0) is 56.0 Å². The van der Waals surface area contributed by atoms with Crippen molar-refractivity contribution in [2.24, 2.45) is 11.3 Å². The second-order valence-electron chi connectivity index (χ2n) is 7.81. The third kappa shape index (κ3) is 3.26. The van der Waals surface area contributed by atoms with E-state index in [0.29, 0.717) is 32.5 Å². The van der Waals surface area contributed by atoms with Crippen LogP contribution in [-0.4, -0.2) is 35.8 Å². The van der Waals surface area contributed by atoms with E-state index < -0.39 is 11.3 Å². The van der Waals surface area contributed by atoms with Gasteiger partial charge >= 0.3 is 5.97 Å². The topological polar surface area (TPSA) is 75.7 Å². The first-order chi connectivity index (χ1) is 13.5. The summed E-state index contributed by atoms with van der Waals surface area (Å²) in [5.74, 6) is -0.869. The number of nitrogens with zero attached hydrogens (tertiary/aromatic N) is 1. The molecule has 0 spiro atoms. The lowest BCUT2D eigenvalue weighted by Gasteiger charge is -2.45. The number of piperidine rings is 1. The maximum Gasteiger partial charge on any atom is 0.318 e. The zero-order chi connectivity index (χ0) is 19.7. The van der Waals surface area contributed by atoms with Crippen molar-refractivity contribution in [1.82, 2.24) is 10.2 Å². The molecule has 150 valence electrons. The fourth-order valence-corrected chi connectivity index (χ4v) is 5.59. The molecule has 0 saturated carbocycles. The van der Waals surface area contributed by atoms with Gasteiger partial charge in [-0.25, -0.2) is 0 Å². The van der Waals surface area contributed by atoms with E-state index in [1.165, 1.54) is 5.57 Å². The fourth-order valence-electron chi connectivity index (χ4n) is 4.95. The molecule has 2 atom stereocenters. The summed E-state index contributed by atoms with van der Waals surface area (Å²) in [4.78, 5) is 41.5. The molecule has 7 heteroatoms. The largest absolute Gasteiger partial charge is 0.465 e. The average molecular weight is 403 g/mol. The summed E-state index contributed by atoms with van der Waals surface area (Å²) in [5, 5.41) is 4.88. The van der Waals surface area contributed by atoms with Crippen LogP contribution in [0.15, 0.2) is 28.8 Å². The zero-order valence-electron chi connectivity index (χ0n) is 16.2. The summed E-state index contributed by atoms with van der Waals surface area (Å²) in [7, 11) is 0. The van der Waals surface area contributed by atoms with Gasteiger partial charge in [-0.3, -0.25) is 14.4 Å². The van der Waals surface area contributed by atoms with Crippen molar-refractivity contribution in [3.8, 4) is 0 Å². The number of nitrogens with one attached hydrogen (secondary N) is 1. The number of carbonyl (C=O) groups is 3. The molecule has 3 heterocycles.